The molecule has 23 heavy (non-hydrogen) atoms. The van der Waals surface area contributed by atoms with Crippen LogP contribution in [0, 0.1) is 13.8 Å². The van der Waals surface area contributed by atoms with E-state index in [1.54, 1.807) is 13.8 Å². The number of hydrogen-bond acceptors (Lipinski definition) is 6. The van der Waals surface area contributed by atoms with Crippen molar-refractivity contribution in [1.82, 2.24) is 15.0 Å². The topological polar surface area (TPSA) is 87.7 Å². The first-order valence-corrected chi connectivity index (χ1v) is 8.69. The Hall–Kier alpha value is -2.19. The Morgan fingerprint density at radius 1 is 1.30 bits per heavy atom. The molecule has 0 radical (unpaired) electrons. The second-order valence-corrected chi connectivity index (χ2v) is 6.90. The molecule has 0 saturated heterocycles. The van der Waals surface area contributed by atoms with Gasteiger partial charge in [0.1, 0.15) is 0 Å². The van der Waals surface area contributed by atoms with Crippen molar-refractivity contribution in [2.24, 2.45) is 0 Å². The summed E-state index contributed by atoms with van der Waals surface area (Å²) < 4.78 is 1.02. The highest BCUT2D eigenvalue weighted by atomic mass is 32.2. The zero-order chi connectivity index (χ0) is 16.4. The molecule has 1 amide bonds. The summed E-state index contributed by atoms with van der Waals surface area (Å²) >= 11 is 2.62. The molecule has 0 aliphatic carbocycles. The van der Waals surface area contributed by atoms with Gasteiger partial charge in [-0.15, -0.1) is 0 Å². The minimum Gasteiger partial charge on any atom is -0.301 e. The van der Waals surface area contributed by atoms with Crippen LogP contribution in [-0.2, 0) is 4.79 Å². The number of nitrogens with one attached hydrogen (secondary N) is 2. The number of H-pyrrole nitrogens is 1. The second kappa shape index (κ2) is 6.51. The number of aromatic nitrogens is 3. The third-order valence-corrected chi connectivity index (χ3v) is 5.08. The second-order valence-electron chi connectivity index (χ2n) is 4.91. The van der Waals surface area contributed by atoms with E-state index < -0.39 is 0 Å². The molecule has 3 rings (SSSR count). The first-order chi connectivity index (χ1) is 11.0. The molecule has 2 aromatic heterocycles. The number of thioether (sulfide) groups is 1. The number of aromatic amines is 1. The van der Waals surface area contributed by atoms with E-state index in [1.165, 1.54) is 23.1 Å². The van der Waals surface area contributed by atoms with Crippen LogP contribution in [0.4, 0.5) is 5.13 Å². The number of amides is 1. The molecule has 0 saturated carbocycles. The molecule has 1 aromatic carbocycles. The summed E-state index contributed by atoms with van der Waals surface area (Å²) in [4.78, 5) is 35.0. The molecule has 2 N–H and O–H groups in total. The van der Waals surface area contributed by atoms with E-state index in [0.29, 0.717) is 21.5 Å². The van der Waals surface area contributed by atoms with Gasteiger partial charge in [0.25, 0.3) is 5.56 Å². The molecule has 0 fully saturated rings. The maximum absolute atomic E-state index is 12.0. The highest BCUT2D eigenvalue weighted by molar-refractivity contribution is 7.99. The molecular formula is C15H14N4O2S2. The van der Waals surface area contributed by atoms with E-state index in [0.717, 1.165) is 10.2 Å². The summed E-state index contributed by atoms with van der Waals surface area (Å²) in [7, 11) is 0. The van der Waals surface area contributed by atoms with Gasteiger partial charge in [-0.1, -0.05) is 35.2 Å². The van der Waals surface area contributed by atoms with Crippen molar-refractivity contribution in [1.29, 1.82) is 0 Å². The molecule has 0 aliphatic heterocycles. The minimum atomic E-state index is -0.185. The third-order valence-electron chi connectivity index (χ3n) is 3.25. The van der Waals surface area contributed by atoms with Crippen molar-refractivity contribution in [3.63, 3.8) is 0 Å². The predicted octanol–water partition coefficient (Wildman–Crippen LogP) is 2.73. The number of aryl methyl sites for hydroxylation is 1. The van der Waals surface area contributed by atoms with Gasteiger partial charge in [0.2, 0.25) is 5.91 Å². The largest absolute Gasteiger partial charge is 0.301 e. The Kier molecular flexibility index (Phi) is 4.44. The molecule has 0 aliphatic rings. The first-order valence-electron chi connectivity index (χ1n) is 6.88. The van der Waals surface area contributed by atoms with Crippen molar-refractivity contribution < 1.29 is 4.79 Å². The Morgan fingerprint density at radius 3 is 2.83 bits per heavy atom. The fourth-order valence-electron chi connectivity index (χ4n) is 1.90. The van der Waals surface area contributed by atoms with Gasteiger partial charge in [-0.3, -0.25) is 9.59 Å². The summed E-state index contributed by atoms with van der Waals surface area (Å²) in [6.07, 6.45) is 0. The van der Waals surface area contributed by atoms with E-state index in [-0.39, 0.29) is 17.2 Å². The molecular weight excluding hydrogens is 332 g/mol. The lowest BCUT2D eigenvalue weighted by Crippen LogP contribution is -2.17. The average Bonchev–Trinajstić information content (AvgIpc) is 2.92. The smallest absolute Gasteiger partial charge is 0.254 e. The van der Waals surface area contributed by atoms with E-state index >= 15 is 0 Å². The Morgan fingerprint density at radius 2 is 2.09 bits per heavy atom. The van der Waals surface area contributed by atoms with Crippen LogP contribution in [0.1, 0.15) is 11.3 Å². The van der Waals surface area contributed by atoms with Crippen LogP contribution in [0.25, 0.3) is 10.2 Å². The Balaban J connectivity index is 1.64. The van der Waals surface area contributed by atoms with Crippen LogP contribution in [-0.4, -0.2) is 26.6 Å². The Labute approximate surface area is 140 Å². The lowest BCUT2D eigenvalue weighted by Gasteiger charge is -2.04. The quantitative estimate of drug-likeness (QED) is 0.560. The molecule has 6 nitrogen and oxygen atoms in total. The summed E-state index contributed by atoms with van der Waals surface area (Å²) in [6.45, 7) is 3.49. The lowest BCUT2D eigenvalue weighted by molar-refractivity contribution is -0.113. The molecule has 0 unspecified atom stereocenters. The first kappa shape index (κ1) is 15.7. The lowest BCUT2D eigenvalue weighted by atomic mass is 10.3. The van der Waals surface area contributed by atoms with Gasteiger partial charge in [-0.05, 0) is 26.0 Å². The SMILES string of the molecule is Cc1nc(SCC(=O)Nc2nc3ccccc3s2)[nH]c(=O)c1C. The maximum atomic E-state index is 12.0. The van der Waals surface area contributed by atoms with Gasteiger partial charge in [0.15, 0.2) is 10.3 Å². The van der Waals surface area contributed by atoms with E-state index in [9.17, 15) is 9.59 Å². The summed E-state index contributed by atoms with van der Waals surface area (Å²) in [5.41, 5.74) is 1.95. The number of fused-ring (bicyclic) bond motifs is 1. The van der Waals surface area contributed by atoms with E-state index in [4.69, 9.17) is 0 Å². The van der Waals surface area contributed by atoms with Gasteiger partial charge in [0.05, 0.1) is 16.0 Å². The number of benzene rings is 1. The average molecular weight is 346 g/mol. The van der Waals surface area contributed by atoms with Gasteiger partial charge >= 0.3 is 0 Å². The zero-order valence-electron chi connectivity index (χ0n) is 12.5. The summed E-state index contributed by atoms with van der Waals surface area (Å²) in [6, 6.07) is 7.70. The molecule has 3 aromatic rings. The Bertz CT molecular complexity index is 900. The molecule has 0 spiro atoms. The van der Waals surface area contributed by atoms with Crippen LogP contribution in [0.15, 0.2) is 34.2 Å². The van der Waals surface area contributed by atoms with E-state index in [1.807, 2.05) is 24.3 Å². The predicted molar refractivity (Wildman–Crippen MR) is 93.3 cm³/mol. The van der Waals surface area contributed by atoms with Crippen molar-refractivity contribution >= 4 is 44.4 Å². The third kappa shape index (κ3) is 3.59. The van der Waals surface area contributed by atoms with Gasteiger partial charge in [-0.2, -0.15) is 0 Å². The van der Waals surface area contributed by atoms with Crippen LogP contribution >= 0.6 is 23.1 Å². The van der Waals surface area contributed by atoms with Crippen LogP contribution in [0.2, 0.25) is 0 Å². The molecule has 0 bridgehead atoms. The summed E-state index contributed by atoms with van der Waals surface area (Å²) in [5.74, 6) is -0.0311. The number of carbonyl (C=O) groups excluding carboxylic acids is 1. The highest BCUT2D eigenvalue weighted by Crippen LogP contribution is 2.25. The monoisotopic (exact) mass is 346 g/mol. The number of carbonyl (C=O) groups is 1. The molecule has 2 heterocycles. The van der Waals surface area contributed by atoms with Crippen molar-refractivity contribution in [2.45, 2.75) is 19.0 Å². The number of hydrogen-bond donors (Lipinski definition) is 2. The molecule has 0 atom stereocenters. The van der Waals surface area contributed by atoms with Crippen LogP contribution < -0.4 is 10.9 Å². The summed E-state index contributed by atoms with van der Waals surface area (Å²) in [5, 5.41) is 3.78. The van der Waals surface area contributed by atoms with Crippen molar-refractivity contribution in [3.8, 4) is 0 Å². The standard InChI is InChI=1S/C15H14N4O2S2/c1-8-9(2)16-14(19-13(8)21)22-7-12(20)18-15-17-10-5-3-4-6-11(10)23-15/h3-6H,7H2,1-2H3,(H,16,19,21)(H,17,18,20). The van der Waals surface area contributed by atoms with Gasteiger partial charge < -0.3 is 10.3 Å². The fraction of sp³-hybridized carbons (Fsp3) is 0.200. The normalized spacial score (nSPS) is 10.9. The molecule has 8 heteroatoms. The van der Waals surface area contributed by atoms with Crippen molar-refractivity contribution in [2.75, 3.05) is 11.1 Å². The maximum Gasteiger partial charge on any atom is 0.254 e. The van der Waals surface area contributed by atoms with Crippen LogP contribution in [0.3, 0.4) is 0 Å². The number of thiazole rings is 1. The number of para-hydroxylation sites is 1. The van der Waals surface area contributed by atoms with Gasteiger partial charge in [0, 0.05) is 11.3 Å². The molecule has 118 valence electrons. The minimum absolute atomic E-state index is 0.154. The van der Waals surface area contributed by atoms with Gasteiger partial charge in [-0.25, -0.2) is 9.97 Å². The number of rotatable bonds is 4. The number of nitrogens with zero attached hydrogens (tertiary/aromatic N) is 2. The highest BCUT2D eigenvalue weighted by Gasteiger charge is 2.10. The van der Waals surface area contributed by atoms with Crippen LogP contribution in [0.5, 0.6) is 0 Å². The van der Waals surface area contributed by atoms with Crippen molar-refractivity contribution in [3.05, 3.63) is 45.9 Å². The fourth-order valence-corrected chi connectivity index (χ4v) is 3.49. The van der Waals surface area contributed by atoms with E-state index in [2.05, 4.69) is 20.3 Å². The zero-order valence-corrected chi connectivity index (χ0v) is 14.2. The number of anilines is 1.